The van der Waals surface area contributed by atoms with Gasteiger partial charge in [-0.15, -0.1) is 0 Å². The molecular formula is C19H19F3N2O2. The van der Waals surface area contributed by atoms with Gasteiger partial charge in [-0.25, -0.2) is 18.0 Å². The Bertz CT molecular complexity index is 828. The van der Waals surface area contributed by atoms with Gasteiger partial charge in [-0.05, 0) is 38.6 Å². The molecule has 1 saturated heterocycles. The van der Waals surface area contributed by atoms with Crippen molar-refractivity contribution in [1.82, 2.24) is 4.90 Å². The van der Waals surface area contributed by atoms with Gasteiger partial charge in [0.05, 0.1) is 5.69 Å². The van der Waals surface area contributed by atoms with Gasteiger partial charge in [0.2, 0.25) is 0 Å². The van der Waals surface area contributed by atoms with E-state index < -0.39 is 23.5 Å². The Morgan fingerprint density at radius 2 is 1.85 bits per heavy atom. The van der Waals surface area contributed by atoms with Gasteiger partial charge in [0.15, 0.2) is 11.6 Å². The van der Waals surface area contributed by atoms with E-state index in [0.717, 1.165) is 30.4 Å². The number of benzene rings is 2. The van der Waals surface area contributed by atoms with Crippen LogP contribution in [0.15, 0.2) is 36.4 Å². The highest BCUT2D eigenvalue weighted by Gasteiger charge is 2.28. The number of amides is 1. The molecule has 138 valence electrons. The first kappa shape index (κ1) is 18.3. The van der Waals surface area contributed by atoms with Crippen LogP contribution in [-0.2, 0) is 0 Å². The predicted molar refractivity (Wildman–Crippen MR) is 92.8 cm³/mol. The van der Waals surface area contributed by atoms with E-state index >= 15 is 0 Å². The lowest BCUT2D eigenvalue weighted by atomic mass is 10.0. The minimum Gasteiger partial charge on any atom is -0.465 e. The molecule has 0 aliphatic carbocycles. The largest absolute Gasteiger partial charge is 0.465 e. The molecule has 0 aromatic heterocycles. The van der Waals surface area contributed by atoms with E-state index in [-0.39, 0.29) is 29.4 Å². The average molecular weight is 364 g/mol. The number of rotatable bonds is 4. The fourth-order valence-electron chi connectivity index (χ4n) is 3.37. The lowest BCUT2D eigenvalue weighted by molar-refractivity contribution is 0.198. The summed E-state index contributed by atoms with van der Waals surface area (Å²) in [6, 6.07) is 7.54. The zero-order valence-corrected chi connectivity index (χ0v) is 14.3. The number of carboxylic acid groups (broad SMARTS) is 1. The molecule has 3 rings (SSSR count). The predicted octanol–water partition coefficient (Wildman–Crippen LogP) is 4.35. The van der Waals surface area contributed by atoms with Crippen LogP contribution in [0.3, 0.4) is 0 Å². The van der Waals surface area contributed by atoms with Crippen LogP contribution in [0.2, 0.25) is 0 Å². The van der Waals surface area contributed by atoms with Gasteiger partial charge < -0.3 is 10.0 Å². The second kappa shape index (κ2) is 7.37. The number of para-hydroxylation sites is 1. The second-order valence-electron chi connectivity index (χ2n) is 6.43. The van der Waals surface area contributed by atoms with E-state index in [4.69, 9.17) is 0 Å². The van der Waals surface area contributed by atoms with E-state index in [1.807, 2.05) is 7.05 Å². The monoisotopic (exact) mass is 364 g/mol. The Morgan fingerprint density at radius 3 is 2.50 bits per heavy atom. The number of likely N-dealkylation sites (tertiary alicyclic amines) is 1. The topological polar surface area (TPSA) is 43.8 Å². The third-order valence-corrected chi connectivity index (χ3v) is 4.79. The molecule has 26 heavy (non-hydrogen) atoms. The quantitative estimate of drug-likeness (QED) is 0.821. The number of hydrogen-bond donors (Lipinski definition) is 1. The van der Waals surface area contributed by atoms with Crippen molar-refractivity contribution in [2.75, 3.05) is 25.0 Å². The normalized spacial score (nSPS) is 17.5. The first-order valence-corrected chi connectivity index (χ1v) is 8.33. The van der Waals surface area contributed by atoms with Crippen molar-refractivity contribution in [1.29, 1.82) is 0 Å². The minimum absolute atomic E-state index is 0.0500. The maximum Gasteiger partial charge on any atom is 0.411 e. The molecule has 1 N–H and O–H groups in total. The number of hydrogen-bond acceptors (Lipinski definition) is 2. The Hall–Kier alpha value is -2.54. The summed E-state index contributed by atoms with van der Waals surface area (Å²) >= 11 is 0. The minimum atomic E-state index is -1.29. The summed E-state index contributed by atoms with van der Waals surface area (Å²) < 4.78 is 41.1. The molecule has 0 saturated carbocycles. The molecule has 1 atom stereocenters. The zero-order valence-electron chi connectivity index (χ0n) is 14.3. The van der Waals surface area contributed by atoms with Crippen molar-refractivity contribution in [2.24, 2.45) is 0 Å². The maximum absolute atomic E-state index is 14.2. The molecule has 0 spiro atoms. The molecule has 4 nitrogen and oxygen atoms in total. The van der Waals surface area contributed by atoms with E-state index in [0.29, 0.717) is 6.07 Å². The number of anilines is 1. The third-order valence-electron chi connectivity index (χ3n) is 4.79. The summed E-state index contributed by atoms with van der Waals surface area (Å²) in [5.74, 6) is -3.42. The van der Waals surface area contributed by atoms with Crippen molar-refractivity contribution in [2.45, 2.75) is 18.9 Å². The van der Waals surface area contributed by atoms with Crippen molar-refractivity contribution in [3.63, 3.8) is 0 Å². The molecule has 0 radical (unpaired) electrons. The maximum atomic E-state index is 14.2. The highest BCUT2D eigenvalue weighted by Crippen LogP contribution is 2.34. The van der Waals surface area contributed by atoms with Crippen LogP contribution in [0.1, 0.15) is 12.8 Å². The van der Waals surface area contributed by atoms with Gasteiger partial charge in [0.25, 0.3) is 0 Å². The Morgan fingerprint density at radius 1 is 1.15 bits per heavy atom. The van der Waals surface area contributed by atoms with Gasteiger partial charge in [0.1, 0.15) is 5.82 Å². The first-order chi connectivity index (χ1) is 12.4. The van der Waals surface area contributed by atoms with E-state index in [9.17, 15) is 23.1 Å². The summed E-state index contributed by atoms with van der Waals surface area (Å²) in [6.07, 6.45) is 0.663. The van der Waals surface area contributed by atoms with Crippen molar-refractivity contribution < 1.29 is 23.1 Å². The van der Waals surface area contributed by atoms with Crippen LogP contribution in [-0.4, -0.2) is 42.3 Å². The molecule has 0 bridgehead atoms. The molecule has 1 aliphatic heterocycles. The standard InChI is InChI=1S/C19H19F3N2O2/c1-23-8-4-5-12(23)11-24(19(25)26)18-7-3-2-6-13(18)14-9-16(21)17(22)10-15(14)20/h2-3,6-7,9-10,12H,4-5,8,11H2,1H3,(H,25,26)/t12-/m0/s1. The Kier molecular flexibility index (Phi) is 5.18. The summed E-state index contributed by atoms with van der Waals surface area (Å²) in [7, 11) is 1.93. The average Bonchev–Trinajstić information content (AvgIpc) is 3.01. The number of carbonyl (C=O) groups is 1. The lowest BCUT2D eigenvalue weighted by Gasteiger charge is -2.28. The SMILES string of the molecule is CN1CCC[C@H]1CN(C(=O)O)c1ccccc1-c1cc(F)c(F)cc1F. The van der Waals surface area contributed by atoms with Crippen molar-refractivity contribution >= 4 is 11.8 Å². The van der Waals surface area contributed by atoms with Crippen LogP contribution in [0.4, 0.5) is 23.7 Å². The zero-order chi connectivity index (χ0) is 18.8. The summed E-state index contributed by atoms with van der Waals surface area (Å²) in [5.41, 5.74) is 0.266. The van der Waals surface area contributed by atoms with Gasteiger partial charge in [-0.2, -0.15) is 0 Å². The van der Waals surface area contributed by atoms with E-state index in [2.05, 4.69) is 4.90 Å². The summed E-state index contributed by atoms with van der Waals surface area (Å²) in [4.78, 5) is 15.1. The number of likely N-dealkylation sites (N-methyl/N-ethyl adjacent to an activating group) is 1. The molecule has 2 aromatic rings. The molecule has 0 unspecified atom stereocenters. The molecular weight excluding hydrogens is 345 g/mol. The van der Waals surface area contributed by atoms with Crippen molar-refractivity contribution in [3.05, 3.63) is 53.8 Å². The molecule has 1 heterocycles. The number of nitrogens with zero attached hydrogens (tertiary/aromatic N) is 2. The van der Waals surface area contributed by atoms with Gasteiger partial charge >= 0.3 is 6.09 Å². The van der Waals surface area contributed by atoms with Gasteiger partial charge in [0, 0.05) is 29.8 Å². The molecule has 1 aliphatic rings. The Labute approximate surface area is 149 Å². The third kappa shape index (κ3) is 3.53. The van der Waals surface area contributed by atoms with Gasteiger partial charge in [-0.1, -0.05) is 18.2 Å². The van der Waals surface area contributed by atoms with Gasteiger partial charge in [-0.3, -0.25) is 4.90 Å². The van der Waals surface area contributed by atoms with Crippen LogP contribution in [0, 0.1) is 17.5 Å². The fourth-order valence-corrected chi connectivity index (χ4v) is 3.37. The fraction of sp³-hybridized carbons (Fsp3) is 0.316. The van der Waals surface area contributed by atoms with Crippen LogP contribution in [0.25, 0.3) is 11.1 Å². The summed E-state index contributed by atoms with van der Waals surface area (Å²) in [6.45, 7) is 1.10. The Balaban J connectivity index is 2.04. The second-order valence-corrected chi connectivity index (χ2v) is 6.43. The smallest absolute Gasteiger partial charge is 0.411 e. The van der Waals surface area contributed by atoms with Crippen molar-refractivity contribution in [3.8, 4) is 11.1 Å². The van der Waals surface area contributed by atoms with E-state index in [1.165, 1.54) is 6.07 Å². The van der Waals surface area contributed by atoms with Crippen LogP contribution < -0.4 is 4.90 Å². The molecule has 2 aromatic carbocycles. The molecule has 1 amide bonds. The van der Waals surface area contributed by atoms with E-state index in [1.54, 1.807) is 18.2 Å². The number of halogens is 3. The molecule has 1 fully saturated rings. The lowest BCUT2D eigenvalue weighted by Crippen LogP contribution is -2.41. The van der Waals surface area contributed by atoms with Crippen LogP contribution in [0.5, 0.6) is 0 Å². The summed E-state index contributed by atoms with van der Waals surface area (Å²) in [5, 5.41) is 9.69. The highest BCUT2D eigenvalue weighted by atomic mass is 19.2. The first-order valence-electron chi connectivity index (χ1n) is 8.33. The van der Waals surface area contributed by atoms with Crippen LogP contribution >= 0.6 is 0 Å². The highest BCUT2D eigenvalue weighted by molar-refractivity contribution is 5.93. The molecule has 7 heteroatoms.